The summed E-state index contributed by atoms with van der Waals surface area (Å²) in [5.41, 5.74) is 0.911. The molecule has 2 aliphatic rings. The molecule has 1 aliphatic carbocycles. The average Bonchev–Trinajstić information content (AvgIpc) is 3.09. The van der Waals surface area contributed by atoms with Crippen LogP contribution in [0.25, 0.3) is 11.4 Å². The van der Waals surface area contributed by atoms with E-state index < -0.39 is 0 Å². The number of fused-ring (bicyclic) bond motifs is 1. The molecule has 0 unspecified atom stereocenters. The molecule has 1 aliphatic heterocycles. The Labute approximate surface area is 151 Å². The summed E-state index contributed by atoms with van der Waals surface area (Å²) in [5, 5.41) is 17.2. The third kappa shape index (κ3) is 2.69. The topological polar surface area (TPSA) is 94.3 Å². The van der Waals surface area contributed by atoms with Crippen LogP contribution in [-0.2, 0) is 0 Å². The molecule has 4 heterocycles. The Morgan fingerprint density at radius 1 is 1.24 bits per heavy atom. The van der Waals surface area contributed by atoms with E-state index in [4.69, 9.17) is 0 Å². The highest BCUT2D eigenvalue weighted by Gasteiger charge is 2.31. The Morgan fingerprint density at radius 3 is 2.88 bits per heavy atom. The fraction of sp³-hybridized carbons (Fsp3) is 0.400. The predicted molar refractivity (Wildman–Crippen MR) is 94.9 cm³/mol. The third-order valence-electron chi connectivity index (χ3n) is 4.36. The van der Waals surface area contributed by atoms with Crippen molar-refractivity contribution in [1.29, 1.82) is 0 Å². The molecule has 3 aromatic rings. The van der Waals surface area contributed by atoms with Crippen LogP contribution in [-0.4, -0.2) is 46.0 Å². The molecule has 0 spiro atoms. The fourth-order valence-corrected chi connectivity index (χ4v) is 5.31. The van der Waals surface area contributed by atoms with Gasteiger partial charge in [-0.05, 0) is 25.0 Å². The fourth-order valence-electron chi connectivity index (χ4n) is 2.99. The van der Waals surface area contributed by atoms with Gasteiger partial charge in [0.05, 0.1) is 6.04 Å². The summed E-state index contributed by atoms with van der Waals surface area (Å²) in [7, 11) is 0. The molecule has 0 bridgehead atoms. The molecule has 1 fully saturated rings. The van der Waals surface area contributed by atoms with Gasteiger partial charge in [-0.15, -0.1) is 15.3 Å². The lowest BCUT2D eigenvalue weighted by Gasteiger charge is -2.14. The van der Waals surface area contributed by atoms with E-state index in [2.05, 4.69) is 29.9 Å². The Morgan fingerprint density at radius 2 is 2.08 bits per heavy atom. The third-order valence-corrected chi connectivity index (χ3v) is 6.55. The van der Waals surface area contributed by atoms with Gasteiger partial charge < -0.3 is 0 Å². The molecule has 1 N–H and O–H groups in total. The highest BCUT2D eigenvalue weighted by atomic mass is 32.2. The zero-order valence-corrected chi connectivity index (χ0v) is 14.8. The molecule has 0 amide bonds. The van der Waals surface area contributed by atoms with Gasteiger partial charge in [0.1, 0.15) is 0 Å². The van der Waals surface area contributed by atoms with Gasteiger partial charge in [0.25, 0.3) is 0 Å². The van der Waals surface area contributed by atoms with E-state index in [1.807, 2.05) is 12.1 Å². The molecular weight excluding hydrogens is 358 g/mol. The minimum atomic E-state index is -0.103. The van der Waals surface area contributed by atoms with Crippen LogP contribution < -0.4 is 5.69 Å². The first kappa shape index (κ1) is 15.2. The smallest absolute Gasteiger partial charge is 0.297 e. The highest BCUT2D eigenvalue weighted by molar-refractivity contribution is 8.00. The maximum atomic E-state index is 11.9. The first-order chi connectivity index (χ1) is 12.3. The zero-order valence-electron chi connectivity index (χ0n) is 13.2. The van der Waals surface area contributed by atoms with Crippen LogP contribution in [0.2, 0.25) is 0 Å². The van der Waals surface area contributed by atoms with E-state index in [1.165, 1.54) is 0 Å². The summed E-state index contributed by atoms with van der Waals surface area (Å²) in [5.74, 6) is 2.65. The number of hydrogen-bond donors (Lipinski definition) is 1. The largest absolute Gasteiger partial charge is 0.344 e. The van der Waals surface area contributed by atoms with Crippen LogP contribution >= 0.6 is 23.5 Å². The van der Waals surface area contributed by atoms with Crippen LogP contribution in [0.15, 0.2) is 39.6 Å². The first-order valence-electron chi connectivity index (χ1n) is 8.09. The number of hydrogen-bond acceptors (Lipinski definition) is 7. The number of aromatic amines is 1. The molecule has 5 rings (SSSR count). The summed E-state index contributed by atoms with van der Waals surface area (Å²) < 4.78 is 3.99. The molecule has 0 radical (unpaired) electrons. The minimum Gasteiger partial charge on any atom is -0.297 e. The van der Waals surface area contributed by atoms with Gasteiger partial charge in [0.15, 0.2) is 16.1 Å². The van der Waals surface area contributed by atoms with E-state index in [-0.39, 0.29) is 11.7 Å². The molecule has 0 aromatic carbocycles. The number of H-pyrrole nitrogens is 1. The first-order valence-corrected chi connectivity index (χ1v) is 10.1. The molecule has 1 atom stereocenters. The number of nitrogens with one attached hydrogen (secondary N) is 1. The Hall–Kier alpha value is -2.07. The number of thioether (sulfide) groups is 2. The standard InChI is InChI=1S/C15H15N7OS2/c23-13-18-20-15(22(13)10-1-2-10)25-8-11-7-24-14-19-17-12(21(11)14)9-3-5-16-6-4-9/h3-6,10-11H,1-2,7-8H2,(H,18,23)/t11-/m0/s1. The van der Waals surface area contributed by atoms with Gasteiger partial charge in [-0.25, -0.2) is 9.89 Å². The van der Waals surface area contributed by atoms with Crippen molar-refractivity contribution in [2.75, 3.05) is 11.5 Å². The van der Waals surface area contributed by atoms with Crippen LogP contribution in [0.4, 0.5) is 0 Å². The quantitative estimate of drug-likeness (QED) is 0.684. The minimum absolute atomic E-state index is 0.103. The van der Waals surface area contributed by atoms with Crippen molar-refractivity contribution in [1.82, 2.24) is 34.5 Å². The summed E-state index contributed by atoms with van der Waals surface area (Å²) in [6.07, 6.45) is 5.66. The zero-order chi connectivity index (χ0) is 16.8. The SMILES string of the molecule is O=c1[nH]nc(SC[C@@H]2CSc3nnc(-c4ccncc4)n32)n1C1CC1. The molecule has 8 nitrogen and oxygen atoms in total. The van der Waals surface area contributed by atoms with Gasteiger partial charge in [-0.2, -0.15) is 0 Å². The van der Waals surface area contributed by atoms with E-state index >= 15 is 0 Å². The predicted octanol–water partition coefficient (Wildman–Crippen LogP) is 2.00. The van der Waals surface area contributed by atoms with Gasteiger partial charge >= 0.3 is 5.69 Å². The van der Waals surface area contributed by atoms with Crippen LogP contribution in [0, 0.1) is 0 Å². The van der Waals surface area contributed by atoms with Crippen LogP contribution in [0.1, 0.15) is 24.9 Å². The van der Waals surface area contributed by atoms with Crippen molar-refractivity contribution in [3.05, 3.63) is 35.0 Å². The molecule has 25 heavy (non-hydrogen) atoms. The lowest BCUT2D eigenvalue weighted by molar-refractivity contribution is 0.593. The molecule has 0 saturated heterocycles. The van der Waals surface area contributed by atoms with Crippen molar-refractivity contribution >= 4 is 23.5 Å². The molecule has 1 saturated carbocycles. The van der Waals surface area contributed by atoms with Gasteiger partial charge in [0.2, 0.25) is 0 Å². The van der Waals surface area contributed by atoms with Crippen molar-refractivity contribution in [2.24, 2.45) is 0 Å². The van der Waals surface area contributed by atoms with Crippen molar-refractivity contribution in [3.63, 3.8) is 0 Å². The average molecular weight is 373 g/mol. The Balaban J connectivity index is 1.40. The number of nitrogens with zero attached hydrogens (tertiary/aromatic N) is 6. The van der Waals surface area contributed by atoms with Gasteiger partial charge in [-0.1, -0.05) is 23.5 Å². The normalized spacial score (nSPS) is 19.3. The lowest BCUT2D eigenvalue weighted by atomic mass is 10.2. The number of pyridine rings is 1. The maximum absolute atomic E-state index is 11.9. The van der Waals surface area contributed by atoms with E-state index in [0.29, 0.717) is 6.04 Å². The monoisotopic (exact) mass is 373 g/mol. The van der Waals surface area contributed by atoms with Crippen molar-refractivity contribution in [2.45, 2.75) is 35.2 Å². The van der Waals surface area contributed by atoms with E-state index in [1.54, 1.807) is 40.5 Å². The Bertz CT molecular complexity index is 960. The second kappa shape index (κ2) is 6.03. The Kier molecular flexibility index (Phi) is 3.66. The van der Waals surface area contributed by atoms with E-state index in [9.17, 15) is 4.79 Å². The van der Waals surface area contributed by atoms with Gasteiger partial charge in [0, 0.05) is 35.5 Å². The summed E-state index contributed by atoms with van der Waals surface area (Å²) in [4.78, 5) is 16.0. The highest BCUT2D eigenvalue weighted by Crippen LogP contribution is 2.40. The van der Waals surface area contributed by atoms with Gasteiger partial charge in [-0.3, -0.25) is 14.1 Å². The van der Waals surface area contributed by atoms with Crippen molar-refractivity contribution < 1.29 is 0 Å². The number of rotatable bonds is 5. The molecular formula is C15H15N7OS2. The second-order valence-electron chi connectivity index (χ2n) is 6.10. The lowest BCUT2D eigenvalue weighted by Crippen LogP contribution is -2.17. The summed E-state index contributed by atoms with van der Waals surface area (Å²) in [6.45, 7) is 0. The molecule has 3 aromatic heterocycles. The van der Waals surface area contributed by atoms with Crippen LogP contribution in [0.3, 0.4) is 0 Å². The number of aromatic nitrogens is 7. The summed E-state index contributed by atoms with van der Waals surface area (Å²) in [6, 6.07) is 4.48. The second-order valence-corrected chi connectivity index (χ2v) is 8.07. The van der Waals surface area contributed by atoms with Crippen molar-refractivity contribution in [3.8, 4) is 11.4 Å². The molecule has 10 heteroatoms. The summed E-state index contributed by atoms with van der Waals surface area (Å²) >= 11 is 3.34. The van der Waals surface area contributed by atoms with E-state index in [0.717, 1.165) is 46.0 Å². The maximum Gasteiger partial charge on any atom is 0.344 e. The molecule has 128 valence electrons. The van der Waals surface area contributed by atoms with Crippen LogP contribution in [0.5, 0.6) is 0 Å².